The summed E-state index contributed by atoms with van der Waals surface area (Å²) in [6.45, 7) is -0.234. The zero-order chi connectivity index (χ0) is 21.0. The Hall–Kier alpha value is -3.68. The molecule has 0 spiro atoms. The highest BCUT2D eigenvalue weighted by molar-refractivity contribution is 6.21. The van der Waals surface area contributed by atoms with Crippen LogP contribution >= 0.6 is 0 Å². The van der Waals surface area contributed by atoms with Crippen LogP contribution in [0.15, 0.2) is 48.5 Å². The summed E-state index contributed by atoms with van der Waals surface area (Å²) in [5, 5.41) is 5.19. The Morgan fingerprint density at radius 3 is 2.03 bits per heavy atom. The molecule has 1 heterocycles. The molecule has 2 N–H and O–H groups in total. The number of amides is 4. The van der Waals surface area contributed by atoms with Crippen LogP contribution in [0.1, 0.15) is 27.1 Å². The summed E-state index contributed by atoms with van der Waals surface area (Å²) in [5.74, 6) is -1.59. The third-order valence-corrected chi connectivity index (χ3v) is 4.55. The van der Waals surface area contributed by atoms with E-state index in [4.69, 9.17) is 0 Å². The highest BCUT2D eigenvalue weighted by Gasteiger charge is 2.34. The summed E-state index contributed by atoms with van der Waals surface area (Å²) in [6.07, 6.45) is -0.0731. The number of nitrogens with zero attached hydrogens (tertiary/aromatic N) is 2. The topological polar surface area (TPSA) is 98.8 Å². The molecule has 0 atom stereocenters. The van der Waals surface area contributed by atoms with Gasteiger partial charge in [-0.1, -0.05) is 12.1 Å². The minimum Gasteiger partial charge on any atom is -0.378 e. The summed E-state index contributed by atoms with van der Waals surface area (Å²) in [6, 6.07) is 13.8. The van der Waals surface area contributed by atoms with Crippen LogP contribution in [0.2, 0.25) is 0 Å². The lowest BCUT2D eigenvalue weighted by Crippen LogP contribution is -2.37. The minimum absolute atomic E-state index is 0.0359. The van der Waals surface area contributed by atoms with Crippen molar-refractivity contribution in [1.29, 1.82) is 0 Å². The second kappa shape index (κ2) is 8.55. The fraction of sp³-hybridized carbons (Fsp3) is 0.238. The van der Waals surface area contributed by atoms with E-state index in [0.717, 1.165) is 10.6 Å². The number of benzene rings is 2. The number of carbonyl (C=O) groups excluding carboxylic acids is 4. The molecule has 0 radical (unpaired) electrons. The maximum Gasteiger partial charge on any atom is 0.261 e. The summed E-state index contributed by atoms with van der Waals surface area (Å²) < 4.78 is 0. The van der Waals surface area contributed by atoms with Crippen molar-refractivity contribution in [2.45, 2.75) is 6.42 Å². The van der Waals surface area contributed by atoms with Gasteiger partial charge in [0.15, 0.2) is 0 Å². The molecular weight excluding hydrogens is 372 g/mol. The van der Waals surface area contributed by atoms with Crippen LogP contribution in [0.3, 0.4) is 0 Å². The van der Waals surface area contributed by atoms with E-state index in [0.29, 0.717) is 16.8 Å². The van der Waals surface area contributed by atoms with Crippen LogP contribution in [0.25, 0.3) is 0 Å². The van der Waals surface area contributed by atoms with Gasteiger partial charge in [-0.2, -0.15) is 0 Å². The van der Waals surface area contributed by atoms with Crippen LogP contribution in [0, 0.1) is 0 Å². The van der Waals surface area contributed by atoms with Crippen molar-refractivity contribution in [2.24, 2.45) is 0 Å². The van der Waals surface area contributed by atoms with E-state index in [2.05, 4.69) is 10.6 Å². The molecule has 150 valence electrons. The summed E-state index contributed by atoms with van der Waals surface area (Å²) in [4.78, 5) is 51.5. The van der Waals surface area contributed by atoms with E-state index in [1.165, 1.54) is 0 Å². The smallest absolute Gasteiger partial charge is 0.261 e. The SMILES string of the molecule is CN(C)c1ccc(NC(=O)CNC(=O)CCN2C(=O)c3ccccc3C2=O)cc1. The zero-order valence-corrected chi connectivity index (χ0v) is 16.3. The first-order chi connectivity index (χ1) is 13.9. The van der Waals surface area contributed by atoms with Gasteiger partial charge in [0.25, 0.3) is 11.8 Å². The molecule has 8 heteroatoms. The number of carbonyl (C=O) groups is 4. The molecule has 3 rings (SSSR count). The molecule has 2 aromatic rings. The Morgan fingerprint density at radius 2 is 1.48 bits per heavy atom. The molecular formula is C21H22N4O4. The van der Waals surface area contributed by atoms with E-state index in [1.54, 1.807) is 36.4 Å². The average molecular weight is 394 g/mol. The van der Waals surface area contributed by atoms with Gasteiger partial charge >= 0.3 is 0 Å². The first-order valence-corrected chi connectivity index (χ1v) is 9.16. The Balaban J connectivity index is 1.44. The number of imide groups is 1. The standard InChI is InChI=1S/C21H22N4O4/c1-24(2)15-9-7-14(8-10-15)23-19(27)13-22-18(26)11-12-25-20(28)16-5-3-4-6-17(16)21(25)29/h3-10H,11-13H2,1-2H3,(H,22,26)(H,23,27). The summed E-state index contributed by atoms with van der Waals surface area (Å²) in [7, 11) is 3.84. The number of nitrogens with one attached hydrogen (secondary N) is 2. The van der Waals surface area contributed by atoms with Crippen LogP contribution in [-0.4, -0.2) is 55.7 Å². The molecule has 1 aliphatic rings. The largest absolute Gasteiger partial charge is 0.378 e. The number of hydrogen-bond donors (Lipinski definition) is 2. The Labute approximate surface area is 168 Å². The van der Waals surface area contributed by atoms with Crippen molar-refractivity contribution in [3.8, 4) is 0 Å². The molecule has 0 fully saturated rings. The minimum atomic E-state index is -0.417. The number of fused-ring (bicyclic) bond motifs is 1. The molecule has 0 unspecified atom stereocenters. The quantitative estimate of drug-likeness (QED) is 0.694. The lowest BCUT2D eigenvalue weighted by molar-refractivity contribution is -0.124. The Morgan fingerprint density at radius 1 is 0.897 bits per heavy atom. The normalized spacial score (nSPS) is 12.6. The number of rotatable bonds is 7. The Bertz CT molecular complexity index is 918. The monoisotopic (exact) mass is 394 g/mol. The highest BCUT2D eigenvalue weighted by atomic mass is 16.2. The summed E-state index contributed by atoms with van der Waals surface area (Å²) in [5.41, 5.74) is 2.32. The van der Waals surface area contributed by atoms with Crippen molar-refractivity contribution in [1.82, 2.24) is 10.2 Å². The maximum atomic E-state index is 12.3. The molecule has 0 aliphatic carbocycles. The van der Waals surface area contributed by atoms with Crippen molar-refractivity contribution in [3.63, 3.8) is 0 Å². The molecule has 0 saturated heterocycles. The zero-order valence-electron chi connectivity index (χ0n) is 16.3. The van der Waals surface area contributed by atoms with E-state index in [9.17, 15) is 19.2 Å². The van der Waals surface area contributed by atoms with Gasteiger partial charge in [0.2, 0.25) is 11.8 Å². The second-order valence-electron chi connectivity index (χ2n) is 6.82. The van der Waals surface area contributed by atoms with Crippen LogP contribution in [0.5, 0.6) is 0 Å². The molecule has 0 saturated carbocycles. The van der Waals surface area contributed by atoms with Crippen LogP contribution < -0.4 is 15.5 Å². The van der Waals surface area contributed by atoms with Gasteiger partial charge < -0.3 is 15.5 Å². The predicted molar refractivity (Wildman–Crippen MR) is 109 cm³/mol. The molecule has 1 aliphatic heterocycles. The molecule has 29 heavy (non-hydrogen) atoms. The molecule has 4 amide bonds. The van der Waals surface area contributed by atoms with E-state index >= 15 is 0 Å². The van der Waals surface area contributed by atoms with E-state index in [1.807, 2.05) is 31.1 Å². The Kier molecular flexibility index (Phi) is 5.92. The van der Waals surface area contributed by atoms with Gasteiger partial charge in [-0.3, -0.25) is 24.1 Å². The average Bonchev–Trinajstić information content (AvgIpc) is 2.95. The third-order valence-electron chi connectivity index (χ3n) is 4.55. The van der Waals surface area contributed by atoms with Crippen molar-refractivity contribution >= 4 is 35.0 Å². The van der Waals surface area contributed by atoms with Gasteiger partial charge in [-0.15, -0.1) is 0 Å². The van der Waals surface area contributed by atoms with Crippen molar-refractivity contribution < 1.29 is 19.2 Å². The lowest BCUT2D eigenvalue weighted by atomic mass is 10.1. The number of hydrogen-bond acceptors (Lipinski definition) is 5. The van der Waals surface area contributed by atoms with Gasteiger partial charge in [0, 0.05) is 38.4 Å². The van der Waals surface area contributed by atoms with Crippen molar-refractivity contribution in [2.75, 3.05) is 37.4 Å². The highest BCUT2D eigenvalue weighted by Crippen LogP contribution is 2.22. The first kappa shape index (κ1) is 20.1. The van der Waals surface area contributed by atoms with E-state index < -0.39 is 17.7 Å². The summed E-state index contributed by atoms with van der Waals surface area (Å²) >= 11 is 0. The van der Waals surface area contributed by atoms with Gasteiger partial charge in [0.05, 0.1) is 17.7 Å². The van der Waals surface area contributed by atoms with E-state index in [-0.39, 0.29) is 25.4 Å². The van der Waals surface area contributed by atoms with Crippen LogP contribution in [-0.2, 0) is 9.59 Å². The van der Waals surface area contributed by atoms with Gasteiger partial charge in [-0.25, -0.2) is 0 Å². The second-order valence-corrected chi connectivity index (χ2v) is 6.82. The lowest BCUT2D eigenvalue weighted by Gasteiger charge is -2.14. The molecule has 2 aromatic carbocycles. The van der Waals surface area contributed by atoms with Gasteiger partial charge in [0.1, 0.15) is 0 Å². The van der Waals surface area contributed by atoms with Crippen molar-refractivity contribution in [3.05, 3.63) is 59.7 Å². The first-order valence-electron chi connectivity index (χ1n) is 9.16. The van der Waals surface area contributed by atoms with Gasteiger partial charge in [-0.05, 0) is 36.4 Å². The third kappa shape index (κ3) is 4.60. The fourth-order valence-electron chi connectivity index (χ4n) is 2.97. The fourth-order valence-corrected chi connectivity index (χ4v) is 2.97. The molecule has 8 nitrogen and oxygen atoms in total. The number of anilines is 2. The molecule has 0 aromatic heterocycles. The molecule has 0 bridgehead atoms. The predicted octanol–water partition coefficient (Wildman–Crippen LogP) is 1.49. The maximum absolute atomic E-state index is 12.3. The van der Waals surface area contributed by atoms with Crippen LogP contribution in [0.4, 0.5) is 11.4 Å².